The van der Waals surface area contributed by atoms with Gasteiger partial charge in [-0.2, -0.15) is 0 Å². The second kappa shape index (κ2) is 5.11. The van der Waals surface area contributed by atoms with Crippen LogP contribution < -0.4 is 5.73 Å². The minimum atomic E-state index is 0.341. The molecule has 2 N–H and O–H groups in total. The predicted molar refractivity (Wildman–Crippen MR) is 77.7 cm³/mol. The zero-order chi connectivity index (χ0) is 12.4. The van der Waals surface area contributed by atoms with Crippen molar-refractivity contribution in [2.45, 2.75) is 44.1 Å². The maximum Gasteiger partial charge on any atom is 0.0108 e. The van der Waals surface area contributed by atoms with Gasteiger partial charge in [-0.25, -0.2) is 0 Å². The molecule has 0 aliphatic heterocycles. The maximum absolute atomic E-state index is 6.36. The highest BCUT2D eigenvalue weighted by Gasteiger charge is 2.21. The molecule has 94 valence electrons. The zero-order valence-electron chi connectivity index (χ0n) is 10.8. The Morgan fingerprint density at radius 2 is 1.61 bits per heavy atom. The fourth-order valence-electron chi connectivity index (χ4n) is 3.19. The van der Waals surface area contributed by atoms with E-state index in [9.17, 15) is 0 Å². The van der Waals surface area contributed by atoms with E-state index in [4.69, 9.17) is 5.73 Å². The summed E-state index contributed by atoms with van der Waals surface area (Å²) in [6.45, 7) is 0. The molecular weight excluding hydrogens is 218 g/mol. The number of hydrogen-bond acceptors (Lipinski definition) is 1. The van der Waals surface area contributed by atoms with Crippen LogP contribution in [-0.2, 0) is 0 Å². The molecule has 0 radical (unpaired) electrons. The van der Waals surface area contributed by atoms with Crippen LogP contribution in [0.5, 0.6) is 0 Å². The summed E-state index contributed by atoms with van der Waals surface area (Å²) in [5, 5.41) is 2.66. The quantitative estimate of drug-likeness (QED) is 0.741. The third kappa shape index (κ3) is 2.28. The van der Waals surface area contributed by atoms with Crippen LogP contribution in [0.15, 0.2) is 42.5 Å². The lowest BCUT2D eigenvalue weighted by atomic mass is 9.87. The van der Waals surface area contributed by atoms with Gasteiger partial charge in [-0.05, 0) is 35.1 Å². The highest BCUT2D eigenvalue weighted by Crippen LogP contribution is 2.32. The lowest BCUT2D eigenvalue weighted by Crippen LogP contribution is -2.27. The fraction of sp³-hybridized carbons (Fsp3) is 0.412. The van der Waals surface area contributed by atoms with Crippen LogP contribution in [-0.4, -0.2) is 6.04 Å². The van der Waals surface area contributed by atoms with Crippen LogP contribution in [0.2, 0.25) is 0 Å². The molecule has 1 heteroatoms. The predicted octanol–water partition coefficient (Wildman–Crippen LogP) is 4.21. The molecule has 2 aromatic rings. The van der Waals surface area contributed by atoms with Gasteiger partial charge in [0.1, 0.15) is 0 Å². The summed E-state index contributed by atoms with van der Waals surface area (Å²) in [6, 6.07) is 15.8. The van der Waals surface area contributed by atoms with E-state index >= 15 is 0 Å². The normalized spacial score (nSPS) is 24.9. The summed E-state index contributed by atoms with van der Waals surface area (Å²) in [5.41, 5.74) is 7.79. The Labute approximate surface area is 109 Å². The van der Waals surface area contributed by atoms with Crippen molar-refractivity contribution in [3.8, 4) is 0 Å². The molecule has 2 unspecified atom stereocenters. The number of fused-ring (bicyclic) bond motifs is 1. The summed E-state index contributed by atoms with van der Waals surface area (Å²) < 4.78 is 0. The number of benzene rings is 2. The van der Waals surface area contributed by atoms with Crippen molar-refractivity contribution >= 4 is 10.8 Å². The van der Waals surface area contributed by atoms with Gasteiger partial charge in [0.25, 0.3) is 0 Å². The Morgan fingerprint density at radius 1 is 0.833 bits per heavy atom. The summed E-state index contributed by atoms with van der Waals surface area (Å²) in [6.07, 6.45) is 6.39. The van der Waals surface area contributed by atoms with Gasteiger partial charge in [0, 0.05) is 6.04 Å². The molecule has 1 fully saturated rings. The number of hydrogen-bond donors (Lipinski definition) is 1. The van der Waals surface area contributed by atoms with E-state index in [0.717, 1.165) is 0 Å². The average Bonchev–Trinajstić information content (AvgIpc) is 2.63. The summed E-state index contributed by atoms with van der Waals surface area (Å²) >= 11 is 0. The van der Waals surface area contributed by atoms with Gasteiger partial charge < -0.3 is 5.73 Å². The SMILES string of the molecule is NC1CCCCCC1c1ccc2ccccc2c1. The Balaban J connectivity index is 1.97. The van der Waals surface area contributed by atoms with Gasteiger partial charge in [-0.3, -0.25) is 0 Å². The highest BCUT2D eigenvalue weighted by atomic mass is 14.6. The molecular formula is C17H21N. The van der Waals surface area contributed by atoms with E-state index in [-0.39, 0.29) is 0 Å². The van der Waals surface area contributed by atoms with Crippen LogP contribution in [0.1, 0.15) is 43.6 Å². The second-order valence-electron chi connectivity index (χ2n) is 5.51. The van der Waals surface area contributed by atoms with Crippen LogP contribution in [0, 0.1) is 0 Å². The van der Waals surface area contributed by atoms with Crippen LogP contribution >= 0.6 is 0 Å². The standard InChI is InChI=1S/C17H21N/c18-17-9-3-1-2-8-16(17)15-11-10-13-6-4-5-7-14(13)12-15/h4-7,10-12,16-17H,1-3,8-9,18H2. The maximum atomic E-state index is 6.36. The zero-order valence-corrected chi connectivity index (χ0v) is 10.8. The Kier molecular flexibility index (Phi) is 3.33. The molecule has 2 atom stereocenters. The Morgan fingerprint density at radius 3 is 2.50 bits per heavy atom. The van der Waals surface area contributed by atoms with E-state index < -0.39 is 0 Å². The van der Waals surface area contributed by atoms with E-state index in [2.05, 4.69) is 42.5 Å². The first-order chi connectivity index (χ1) is 8.84. The van der Waals surface area contributed by atoms with Crippen molar-refractivity contribution < 1.29 is 0 Å². The van der Waals surface area contributed by atoms with Gasteiger partial charge in [-0.1, -0.05) is 61.7 Å². The third-order valence-electron chi connectivity index (χ3n) is 4.27. The summed E-state index contributed by atoms with van der Waals surface area (Å²) in [5.74, 6) is 0.553. The van der Waals surface area contributed by atoms with E-state index in [1.807, 2.05) is 0 Å². The van der Waals surface area contributed by atoms with E-state index in [0.29, 0.717) is 12.0 Å². The molecule has 0 amide bonds. The van der Waals surface area contributed by atoms with Crippen molar-refractivity contribution in [1.29, 1.82) is 0 Å². The highest BCUT2D eigenvalue weighted by molar-refractivity contribution is 5.83. The average molecular weight is 239 g/mol. The lowest BCUT2D eigenvalue weighted by Gasteiger charge is -2.22. The van der Waals surface area contributed by atoms with Gasteiger partial charge in [-0.15, -0.1) is 0 Å². The molecule has 18 heavy (non-hydrogen) atoms. The van der Waals surface area contributed by atoms with E-state index in [1.54, 1.807) is 0 Å². The number of nitrogens with two attached hydrogens (primary N) is 1. The monoisotopic (exact) mass is 239 g/mol. The molecule has 0 aromatic heterocycles. The summed E-state index contributed by atoms with van der Waals surface area (Å²) in [7, 11) is 0. The first-order valence-corrected chi connectivity index (χ1v) is 7.09. The smallest absolute Gasteiger partial charge is 0.0108 e. The second-order valence-corrected chi connectivity index (χ2v) is 5.51. The van der Waals surface area contributed by atoms with E-state index in [1.165, 1.54) is 48.4 Å². The van der Waals surface area contributed by atoms with Crippen LogP contribution in [0.4, 0.5) is 0 Å². The fourth-order valence-corrected chi connectivity index (χ4v) is 3.19. The first kappa shape index (κ1) is 11.7. The number of rotatable bonds is 1. The molecule has 0 heterocycles. The lowest BCUT2D eigenvalue weighted by molar-refractivity contribution is 0.505. The van der Waals surface area contributed by atoms with Gasteiger partial charge in [0.15, 0.2) is 0 Å². The summed E-state index contributed by atoms with van der Waals surface area (Å²) in [4.78, 5) is 0. The molecule has 1 nitrogen and oxygen atoms in total. The molecule has 1 aliphatic rings. The van der Waals surface area contributed by atoms with Crippen molar-refractivity contribution in [3.63, 3.8) is 0 Å². The molecule has 1 aliphatic carbocycles. The van der Waals surface area contributed by atoms with Crippen molar-refractivity contribution in [2.75, 3.05) is 0 Å². The first-order valence-electron chi connectivity index (χ1n) is 7.09. The van der Waals surface area contributed by atoms with Gasteiger partial charge >= 0.3 is 0 Å². The topological polar surface area (TPSA) is 26.0 Å². The minimum Gasteiger partial charge on any atom is -0.327 e. The Bertz CT molecular complexity index is 532. The van der Waals surface area contributed by atoms with Crippen molar-refractivity contribution in [2.24, 2.45) is 5.73 Å². The Hall–Kier alpha value is -1.34. The van der Waals surface area contributed by atoms with Crippen molar-refractivity contribution in [1.82, 2.24) is 0 Å². The molecule has 0 spiro atoms. The van der Waals surface area contributed by atoms with Gasteiger partial charge in [0.05, 0.1) is 0 Å². The van der Waals surface area contributed by atoms with Crippen LogP contribution in [0.25, 0.3) is 10.8 Å². The van der Waals surface area contributed by atoms with Crippen LogP contribution in [0.3, 0.4) is 0 Å². The molecule has 2 aromatic carbocycles. The van der Waals surface area contributed by atoms with Crippen molar-refractivity contribution in [3.05, 3.63) is 48.0 Å². The molecule has 1 saturated carbocycles. The molecule has 0 saturated heterocycles. The minimum absolute atomic E-state index is 0.341. The molecule has 0 bridgehead atoms. The largest absolute Gasteiger partial charge is 0.327 e. The van der Waals surface area contributed by atoms with Gasteiger partial charge in [0.2, 0.25) is 0 Å². The molecule has 3 rings (SSSR count). The third-order valence-corrected chi connectivity index (χ3v) is 4.27.